The SMILES string of the molecule is O=[N+]([O-])c1cccc(NC(CC(O)c2ccc3ccccc3c2)c2ccc(Br)cc2)c1. The van der Waals surface area contributed by atoms with Gasteiger partial charge in [0.05, 0.1) is 17.1 Å². The highest BCUT2D eigenvalue weighted by atomic mass is 79.9. The van der Waals surface area contributed by atoms with Crippen LogP contribution in [0.3, 0.4) is 0 Å². The van der Waals surface area contributed by atoms with E-state index < -0.39 is 11.0 Å². The van der Waals surface area contributed by atoms with Crippen molar-refractivity contribution in [3.05, 3.63) is 117 Å². The zero-order chi connectivity index (χ0) is 21.8. The van der Waals surface area contributed by atoms with Crippen LogP contribution in [0.5, 0.6) is 0 Å². The molecule has 2 atom stereocenters. The topological polar surface area (TPSA) is 75.4 Å². The molecule has 0 spiro atoms. The van der Waals surface area contributed by atoms with Crippen molar-refractivity contribution in [2.24, 2.45) is 0 Å². The first-order chi connectivity index (χ1) is 15.0. The highest BCUT2D eigenvalue weighted by Crippen LogP contribution is 2.32. The smallest absolute Gasteiger partial charge is 0.271 e. The minimum absolute atomic E-state index is 0.0228. The molecule has 0 aliphatic rings. The molecule has 156 valence electrons. The highest BCUT2D eigenvalue weighted by molar-refractivity contribution is 9.10. The van der Waals surface area contributed by atoms with Crippen molar-refractivity contribution < 1.29 is 10.0 Å². The average Bonchev–Trinajstić information content (AvgIpc) is 2.79. The standard InChI is InChI=1S/C25H21BrN2O3/c26-21-12-10-18(11-13-21)24(27-22-6-3-7-23(15-22)28(30)31)16-25(29)20-9-8-17-4-1-2-5-19(17)14-20/h1-15,24-25,27,29H,16H2. The maximum Gasteiger partial charge on any atom is 0.271 e. The summed E-state index contributed by atoms with van der Waals surface area (Å²) in [5.74, 6) is 0. The zero-order valence-corrected chi connectivity index (χ0v) is 18.2. The van der Waals surface area contributed by atoms with E-state index >= 15 is 0 Å². The number of nitrogens with one attached hydrogen (secondary N) is 1. The Kier molecular flexibility index (Phi) is 6.30. The Labute approximate surface area is 188 Å². The predicted octanol–water partition coefficient (Wildman–Crippen LogP) is 6.79. The van der Waals surface area contributed by atoms with Crippen molar-refractivity contribution in [3.63, 3.8) is 0 Å². The number of anilines is 1. The van der Waals surface area contributed by atoms with Gasteiger partial charge in [-0.3, -0.25) is 10.1 Å². The summed E-state index contributed by atoms with van der Waals surface area (Å²) in [7, 11) is 0. The molecular weight excluding hydrogens is 456 g/mol. The number of non-ortho nitro benzene ring substituents is 1. The minimum Gasteiger partial charge on any atom is -0.388 e. The number of benzene rings is 4. The molecule has 0 aliphatic carbocycles. The van der Waals surface area contributed by atoms with Crippen LogP contribution in [0.15, 0.2) is 95.5 Å². The second-order valence-electron chi connectivity index (χ2n) is 7.41. The molecule has 0 heterocycles. The fraction of sp³-hybridized carbons (Fsp3) is 0.120. The summed E-state index contributed by atoms with van der Waals surface area (Å²) in [6.45, 7) is 0. The fourth-order valence-electron chi connectivity index (χ4n) is 3.66. The number of nitro groups is 1. The van der Waals surface area contributed by atoms with Gasteiger partial charge in [-0.25, -0.2) is 0 Å². The van der Waals surface area contributed by atoms with Gasteiger partial charge in [-0.1, -0.05) is 70.5 Å². The lowest BCUT2D eigenvalue weighted by Gasteiger charge is -2.24. The van der Waals surface area contributed by atoms with Gasteiger partial charge in [-0.15, -0.1) is 0 Å². The summed E-state index contributed by atoms with van der Waals surface area (Å²) in [6, 6.07) is 28.0. The number of hydrogen-bond acceptors (Lipinski definition) is 4. The van der Waals surface area contributed by atoms with Gasteiger partial charge in [0.25, 0.3) is 5.69 Å². The molecule has 0 saturated carbocycles. The Bertz CT molecular complexity index is 1210. The van der Waals surface area contributed by atoms with Crippen LogP contribution in [-0.2, 0) is 0 Å². The summed E-state index contributed by atoms with van der Waals surface area (Å²) in [5, 5.41) is 27.7. The number of rotatable bonds is 7. The van der Waals surface area contributed by atoms with E-state index in [9.17, 15) is 15.2 Å². The average molecular weight is 477 g/mol. The second kappa shape index (κ2) is 9.29. The number of aliphatic hydroxyl groups excluding tert-OH is 1. The normalized spacial score (nSPS) is 13.0. The van der Waals surface area contributed by atoms with E-state index in [-0.39, 0.29) is 11.7 Å². The molecule has 0 saturated heterocycles. The Balaban J connectivity index is 1.62. The van der Waals surface area contributed by atoms with Crippen molar-refractivity contribution in [1.29, 1.82) is 0 Å². The lowest BCUT2D eigenvalue weighted by molar-refractivity contribution is -0.384. The van der Waals surface area contributed by atoms with Crippen molar-refractivity contribution >= 4 is 38.1 Å². The molecule has 0 aliphatic heterocycles. The molecule has 2 N–H and O–H groups in total. The van der Waals surface area contributed by atoms with Crippen LogP contribution in [0.4, 0.5) is 11.4 Å². The monoisotopic (exact) mass is 476 g/mol. The molecule has 0 bridgehead atoms. The zero-order valence-electron chi connectivity index (χ0n) is 16.6. The van der Waals surface area contributed by atoms with Crippen LogP contribution >= 0.6 is 15.9 Å². The number of nitro benzene ring substituents is 1. The Morgan fingerprint density at radius 1 is 0.871 bits per heavy atom. The van der Waals surface area contributed by atoms with Crippen LogP contribution < -0.4 is 5.32 Å². The van der Waals surface area contributed by atoms with Crippen LogP contribution in [0.2, 0.25) is 0 Å². The molecule has 0 amide bonds. The first-order valence-electron chi connectivity index (χ1n) is 9.93. The number of hydrogen-bond donors (Lipinski definition) is 2. The van der Waals surface area contributed by atoms with E-state index in [2.05, 4.69) is 21.2 Å². The van der Waals surface area contributed by atoms with Crippen molar-refractivity contribution in [3.8, 4) is 0 Å². The number of halogens is 1. The number of aliphatic hydroxyl groups is 1. The predicted molar refractivity (Wildman–Crippen MR) is 127 cm³/mol. The van der Waals surface area contributed by atoms with Gasteiger partial charge in [0, 0.05) is 28.7 Å². The van der Waals surface area contributed by atoms with Crippen LogP contribution in [0.1, 0.15) is 29.7 Å². The highest BCUT2D eigenvalue weighted by Gasteiger charge is 2.19. The minimum atomic E-state index is -0.704. The van der Waals surface area contributed by atoms with Gasteiger partial charge in [0.15, 0.2) is 0 Å². The van der Waals surface area contributed by atoms with Crippen molar-refractivity contribution in [2.45, 2.75) is 18.6 Å². The first kappa shape index (κ1) is 21.0. The summed E-state index contributed by atoms with van der Waals surface area (Å²) < 4.78 is 0.959. The van der Waals surface area contributed by atoms with Gasteiger partial charge in [-0.2, -0.15) is 0 Å². The molecule has 0 aromatic heterocycles. The van der Waals surface area contributed by atoms with E-state index in [0.717, 1.165) is 26.4 Å². The number of nitrogens with zero attached hydrogens (tertiary/aromatic N) is 1. The molecule has 5 nitrogen and oxygen atoms in total. The molecule has 2 unspecified atom stereocenters. The first-order valence-corrected chi connectivity index (χ1v) is 10.7. The molecule has 0 radical (unpaired) electrons. The van der Waals surface area contributed by atoms with Gasteiger partial charge >= 0.3 is 0 Å². The third-order valence-corrected chi connectivity index (χ3v) is 5.82. The maximum absolute atomic E-state index is 11.1. The van der Waals surface area contributed by atoms with Crippen LogP contribution in [0.25, 0.3) is 10.8 Å². The summed E-state index contributed by atoms with van der Waals surface area (Å²) in [4.78, 5) is 10.7. The van der Waals surface area contributed by atoms with E-state index in [0.29, 0.717) is 12.1 Å². The molecule has 31 heavy (non-hydrogen) atoms. The third kappa shape index (κ3) is 5.10. The molecule has 4 rings (SSSR count). The number of fused-ring (bicyclic) bond motifs is 1. The van der Waals surface area contributed by atoms with E-state index in [4.69, 9.17) is 0 Å². The van der Waals surface area contributed by atoms with Gasteiger partial charge in [-0.05, 0) is 46.2 Å². The third-order valence-electron chi connectivity index (χ3n) is 5.29. The summed E-state index contributed by atoms with van der Waals surface area (Å²) >= 11 is 3.45. The largest absolute Gasteiger partial charge is 0.388 e. The Morgan fingerprint density at radius 3 is 2.32 bits per heavy atom. The summed E-state index contributed by atoms with van der Waals surface area (Å²) in [6.07, 6.45) is -0.299. The Morgan fingerprint density at radius 2 is 1.58 bits per heavy atom. The lowest BCUT2D eigenvalue weighted by Crippen LogP contribution is -2.15. The van der Waals surface area contributed by atoms with Crippen LogP contribution in [0, 0.1) is 10.1 Å². The van der Waals surface area contributed by atoms with E-state index in [1.807, 2.05) is 66.7 Å². The lowest BCUT2D eigenvalue weighted by atomic mass is 9.95. The fourth-order valence-corrected chi connectivity index (χ4v) is 3.92. The second-order valence-corrected chi connectivity index (χ2v) is 8.33. The summed E-state index contributed by atoms with van der Waals surface area (Å²) in [5.41, 5.74) is 2.47. The molecule has 4 aromatic rings. The van der Waals surface area contributed by atoms with E-state index in [1.165, 1.54) is 12.1 Å². The van der Waals surface area contributed by atoms with E-state index in [1.54, 1.807) is 12.1 Å². The van der Waals surface area contributed by atoms with Crippen molar-refractivity contribution in [1.82, 2.24) is 0 Å². The quantitative estimate of drug-likeness (QED) is 0.227. The molecular formula is C25H21BrN2O3. The Hall–Kier alpha value is -3.22. The maximum atomic E-state index is 11.1. The van der Waals surface area contributed by atoms with Gasteiger partial charge in [0.1, 0.15) is 0 Å². The van der Waals surface area contributed by atoms with Crippen LogP contribution in [-0.4, -0.2) is 10.0 Å². The molecule has 4 aromatic carbocycles. The molecule has 0 fully saturated rings. The molecule has 6 heteroatoms. The van der Waals surface area contributed by atoms with Gasteiger partial charge in [0.2, 0.25) is 0 Å². The van der Waals surface area contributed by atoms with Gasteiger partial charge < -0.3 is 10.4 Å². The van der Waals surface area contributed by atoms with Crippen molar-refractivity contribution in [2.75, 3.05) is 5.32 Å².